The number of rotatable bonds is 5. The number of amides is 1. The lowest BCUT2D eigenvalue weighted by atomic mass is 9.98. The summed E-state index contributed by atoms with van der Waals surface area (Å²) in [5, 5.41) is 20.1. The molecule has 7 nitrogen and oxygen atoms in total. The number of hydrogen-bond donors (Lipinski definition) is 1. The first kappa shape index (κ1) is 20.8. The van der Waals surface area contributed by atoms with Gasteiger partial charge in [-0.2, -0.15) is 5.26 Å². The number of ether oxygens (including phenoxy) is 1. The molecular formula is C25H19N3O4. The summed E-state index contributed by atoms with van der Waals surface area (Å²) in [6, 6.07) is 19.2. The summed E-state index contributed by atoms with van der Waals surface area (Å²) in [6.45, 7) is 2.37. The second-order valence-electron chi connectivity index (χ2n) is 7.04. The van der Waals surface area contributed by atoms with Gasteiger partial charge in [0.1, 0.15) is 17.6 Å². The Morgan fingerprint density at radius 2 is 1.81 bits per heavy atom. The van der Waals surface area contributed by atoms with E-state index in [1.54, 1.807) is 72.9 Å². The molecular weight excluding hydrogens is 406 g/mol. The second-order valence-corrected chi connectivity index (χ2v) is 7.04. The second kappa shape index (κ2) is 8.74. The molecule has 158 valence electrons. The Labute approximate surface area is 184 Å². The molecule has 0 radical (unpaired) electrons. The van der Waals surface area contributed by atoms with Crippen molar-refractivity contribution in [3.8, 4) is 11.8 Å². The van der Waals surface area contributed by atoms with Gasteiger partial charge < -0.3 is 9.84 Å². The minimum atomic E-state index is -0.921. The number of aliphatic hydroxyl groups excluding tert-OH is 1. The first-order chi connectivity index (χ1) is 15.5. The maximum absolute atomic E-state index is 13.1. The summed E-state index contributed by atoms with van der Waals surface area (Å²) in [5.74, 6) is -1.25. The van der Waals surface area contributed by atoms with E-state index < -0.39 is 17.7 Å². The van der Waals surface area contributed by atoms with E-state index in [2.05, 4.69) is 4.98 Å². The Kier molecular flexibility index (Phi) is 5.69. The van der Waals surface area contributed by atoms with Gasteiger partial charge in [0.25, 0.3) is 11.7 Å². The Bertz CT molecular complexity index is 1230. The zero-order valence-electron chi connectivity index (χ0n) is 17.2. The number of carbonyl (C=O) groups is 2. The van der Waals surface area contributed by atoms with E-state index in [1.807, 2.05) is 13.0 Å². The fourth-order valence-electron chi connectivity index (χ4n) is 3.64. The maximum atomic E-state index is 13.1. The first-order valence-corrected chi connectivity index (χ1v) is 10.0. The van der Waals surface area contributed by atoms with Crippen LogP contribution in [0.1, 0.15) is 29.8 Å². The third-order valence-electron chi connectivity index (χ3n) is 5.13. The molecule has 0 aliphatic carbocycles. The van der Waals surface area contributed by atoms with Crippen LogP contribution in [0.2, 0.25) is 0 Å². The van der Waals surface area contributed by atoms with Crippen molar-refractivity contribution in [2.45, 2.75) is 13.0 Å². The molecule has 4 rings (SSSR count). The number of nitriles is 1. The molecule has 0 bridgehead atoms. The highest BCUT2D eigenvalue weighted by Crippen LogP contribution is 2.41. The topological polar surface area (TPSA) is 104 Å². The number of anilines is 1. The Morgan fingerprint density at radius 3 is 2.41 bits per heavy atom. The van der Waals surface area contributed by atoms with Crippen LogP contribution in [0.3, 0.4) is 0 Å². The minimum absolute atomic E-state index is 0.0535. The fraction of sp³-hybridized carbons (Fsp3) is 0.120. The first-order valence-electron chi connectivity index (χ1n) is 10.0. The van der Waals surface area contributed by atoms with Crippen LogP contribution >= 0.6 is 0 Å². The number of aliphatic hydroxyl groups is 1. The molecule has 2 aromatic carbocycles. The van der Waals surface area contributed by atoms with Gasteiger partial charge in [-0.3, -0.25) is 19.5 Å². The van der Waals surface area contributed by atoms with Gasteiger partial charge in [-0.15, -0.1) is 0 Å². The Morgan fingerprint density at radius 1 is 1.09 bits per heavy atom. The molecule has 0 spiro atoms. The van der Waals surface area contributed by atoms with Crippen molar-refractivity contribution in [1.82, 2.24) is 4.98 Å². The van der Waals surface area contributed by atoms with Crippen molar-refractivity contribution in [3.05, 3.63) is 95.3 Å². The lowest BCUT2D eigenvalue weighted by Gasteiger charge is -2.24. The molecule has 2 heterocycles. The lowest BCUT2D eigenvalue weighted by molar-refractivity contribution is -0.132. The third-order valence-corrected chi connectivity index (χ3v) is 5.13. The molecule has 1 fully saturated rings. The summed E-state index contributed by atoms with van der Waals surface area (Å²) in [7, 11) is 0. The van der Waals surface area contributed by atoms with Crippen molar-refractivity contribution in [2.75, 3.05) is 11.5 Å². The molecule has 1 N–H and O–H groups in total. The molecule has 1 unspecified atom stereocenters. The molecule has 1 aromatic heterocycles. The number of aromatic nitrogens is 1. The smallest absolute Gasteiger partial charge is 0.300 e. The van der Waals surface area contributed by atoms with E-state index in [9.17, 15) is 14.7 Å². The number of carbonyl (C=O) groups excluding carboxylic acids is 2. The van der Waals surface area contributed by atoms with E-state index in [0.29, 0.717) is 34.9 Å². The molecule has 3 aromatic rings. The van der Waals surface area contributed by atoms with Crippen LogP contribution in [0.5, 0.6) is 5.75 Å². The predicted molar refractivity (Wildman–Crippen MR) is 118 cm³/mol. The van der Waals surface area contributed by atoms with Gasteiger partial charge in [-0.25, -0.2) is 0 Å². The lowest BCUT2D eigenvalue weighted by Crippen LogP contribution is -2.29. The van der Waals surface area contributed by atoms with Gasteiger partial charge in [0.2, 0.25) is 0 Å². The highest BCUT2D eigenvalue weighted by molar-refractivity contribution is 6.51. The molecule has 32 heavy (non-hydrogen) atoms. The highest BCUT2D eigenvalue weighted by atomic mass is 16.5. The van der Waals surface area contributed by atoms with Crippen molar-refractivity contribution in [2.24, 2.45) is 0 Å². The SMILES string of the molecule is CCOc1ccc(/C(O)=C2/C(=O)C(=O)N(c3ccc(C#N)cc3)C2c2ccccn2)cc1. The van der Waals surface area contributed by atoms with Crippen LogP contribution in [0.4, 0.5) is 5.69 Å². The van der Waals surface area contributed by atoms with E-state index in [-0.39, 0.29) is 11.3 Å². The number of nitrogens with zero attached hydrogens (tertiary/aromatic N) is 3. The number of ketones is 1. The predicted octanol–water partition coefficient (Wildman–Crippen LogP) is 3.98. The maximum Gasteiger partial charge on any atom is 0.300 e. The molecule has 7 heteroatoms. The number of Topliss-reactive ketones (excluding diaryl/α,β-unsaturated/α-hetero) is 1. The molecule has 1 aliphatic heterocycles. The molecule has 1 atom stereocenters. The molecule has 1 aliphatic rings. The number of pyridine rings is 1. The van der Waals surface area contributed by atoms with Crippen LogP contribution in [-0.2, 0) is 9.59 Å². The summed E-state index contributed by atoms with van der Waals surface area (Å²) in [4.78, 5) is 31.8. The average molecular weight is 425 g/mol. The van der Waals surface area contributed by atoms with Gasteiger partial charge in [0.15, 0.2) is 0 Å². The van der Waals surface area contributed by atoms with Crippen LogP contribution < -0.4 is 9.64 Å². The van der Waals surface area contributed by atoms with Crippen LogP contribution in [0.25, 0.3) is 5.76 Å². The quantitative estimate of drug-likeness (QED) is 0.377. The van der Waals surface area contributed by atoms with Crippen molar-refractivity contribution < 1.29 is 19.4 Å². The van der Waals surface area contributed by atoms with Crippen molar-refractivity contribution in [1.29, 1.82) is 5.26 Å². The van der Waals surface area contributed by atoms with Gasteiger partial charge in [0, 0.05) is 17.4 Å². The normalized spacial score (nSPS) is 17.2. The minimum Gasteiger partial charge on any atom is -0.507 e. The average Bonchev–Trinajstić information content (AvgIpc) is 3.10. The fourth-order valence-corrected chi connectivity index (χ4v) is 3.64. The van der Waals surface area contributed by atoms with Crippen molar-refractivity contribution >= 4 is 23.1 Å². The van der Waals surface area contributed by atoms with Gasteiger partial charge in [-0.1, -0.05) is 6.07 Å². The van der Waals surface area contributed by atoms with Gasteiger partial charge in [-0.05, 0) is 67.6 Å². The molecule has 1 amide bonds. The standard InChI is InChI=1S/C25H19N3O4/c1-2-32-19-12-8-17(9-13-19)23(29)21-22(20-5-3-4-14-27-20)28(25(31)24(21)30)18-10-6-16(15-26)7-11-18/h3-14,22,29H,2H2,1H3/b23-21-. The summed E-state index contributed by atoms with van der Waals surface area (Å²) in [5.41, 5.74) is 1.61. The monoisotopic (exact) mass is 425 g/mol. The molecule has 0 saturated carbocycles. The highest BCUT2D eigenvalue weighted by Gasteiger charge is 2.47. The number of benzene rings is 2. The van der Waals surface area contributed by atoms with E-state index in [1.165, 1.54) is 4.90 Å². The molecule has 1 saturated heterocycles. The van der Waals surface area contributed by atoms with E-state index in [4.69, 9.17) is 10.00 Å². The van der Waals surface area contributed by atoms with Gasteiger partial charge in [0.05, 0.1) is 29.5 Å². The third kappa shape index (κ3) is 3.70. The number of hydrogen-bond acceptors (Lipinski definition) is 6. The Hall–Kier alpha value is -4.44. The zero-order chi connectivity index (χ0) is 22.7. The van der Waals surface area contributed by atoms with Crippen molar-refractivity contribution in [3.63, 3.8) is 0 Å². The summed E-state index contributed by atoms with van der Waals surface area (Å²) >= 11 is 0. The zero-order valence-corrected chi connectivity index (χ0v) is 17.2. The van der Waals surface area contributed by atoms with Crippen LogP contribution in [-0.4, -0.2) is 28.4 Å². The van der Waals surface area contributed by atoms with E-state index in [0.717, 1.165) is 0 Å². The largest absolute Gasteiger partial charge is 0.507 e. The van der Waals surface area contributed by atoms with Crippen LogP contribution in [0.15, 0.2) is 78.5 Å². The summed E-state index contributed by atoms with van der Waals surface area (Å²) in [6.07, 6.45) is 1.56. The van der Waals surface area contributed by atoms with E-state index >= 15 is 0 Å². The van der Waals surface area contributed by atoms with Gasteiger partial charge >= 0.3 is 0 Å². The summed E-state index contributed by atoms with van der Waals surface area (Å²) < 4.78 is 5.43. The Balaban J connectivity index is 1.86. The van der Waals surface area contributed by atoms with Crippen LogP contribution in [0, 0.1) is 11.3 Å².